The molecule has 0 bridgehead atoms. The highest BCUT2D eigenvalue weighted by atomic mass is 16.2. The molecule has 27 heavy (non-hydrogen) atoms. The Labute approximate surface area is 160 Å². The third kappa shape index (κ3) is 3.95. The van der Waals surface area contributed by atoms with Gasteiger partial charge in [-0.15, -0.1) is 0 Å². The van der Waals surface area contributed by atoms with Gasteiger partial charge in [-0.3, -0.25) is 9.69 Å². The van der Waals surface area contributed by atoms with Gasteiger partial charge in [-0.05, 0) is 37.3 Å². The van der Waals surface area contributed by atoms with Gasteiger partial charge in [0.15, 0.2) is 0 Å². The molecule has 1 aromatic carbocycles. The summed E-state index contributed by atoms with van der Waals surface area (Å²) in [7, 11) is 0. The third-order valence-electron chi connectivity index (χ3n) is 5.67. The second kappa shape index (κ2) is 8.05. The Morgan fingerprint density at radius 2 is 1.81 bits per heavy atom. The van der Waals surface area contributed by atoms with Crippen LogP contribution in [0.3, 0.4) is 0 Å². The molecule has 1 aliphatic carbocycles. The van der Waals surface area contributed by atoms with Gasteiger partial charge < -0.3 is 10.2 Å². The Hall–Kier alpha value is -2.47. The number of rotatable bonds is 4. The van der Waals surface area contributed by atoms with E-state index in [1.807, 2.05) is 11.8 Å². The average molecular weight is 365 g/mol. The zero-order valence-electron chi connectivity index (χ0n) is 15.9. The minimum atomic E-state index is 0.0340. The van der Waals surface area contributed by atoms with Gasteiger partial charge in [0.25, 0.3) is 5.91 Å². The molecule has 0 spiro atoms. The number of benzene rings is 1. The van der Waals surface area contributed by atoms with Gasteiger partial charge >= 0.3 is 0 Å². The van der Waals surface area contributed by atoms with Gasteiger partial charge in [-0.2, -0.15) is 0 Å². The second-order valence-corrected chi connectivity index (χ2v) is 7.32. The summed E-state index contributed by atoms with van der Waals surface area (Å²) in [6.45, 7) is 6.18. The number of hydrogen-bond acceptors (Lipinski definition) is 5. The van der Waals surface area contributed by atoms with Crippen molar-refractivity contribution in [3.8, 4) is 0 Å². The molecule has 1 atom stereocenters. The van der Waals surface area contributed by atoms with Crippen molar-refractivity contribution < 1.29 is 4.79 Å². The van der Waals surface area contributed by atoms with Crippen LogP contribution >= 0.6 is 0 Å². The molecule has 1 amide bonds. The van der Waals surface area contributed by atoms with Crippen LogP contribution in [0.15, 0.2) is 36.7 Å². The Kier molecular flexibility index (Phi) is 5.34. The maximum absolute atomic E-state index is 12.7. The minimum Gasteiger partial charge on any atom is -0.355 e. The SMILES string of the molecule is CCNc1ncc(C(=O)N2CCN(C3CCc4ccccc4C3)CC2)cn1. The van der Waals surface area contributed by atoms with Crippen LogP contribution in [0.25, 0.3) is 0 Å². The fourth-order valence-corrected chi connectivity index (χ4v) is 4.15. The van der Waals surface area contributed by atoms with Crippen LogP contribution in [0.4, 0.5) is 5.95 Å². The molecule has 0 radical (unpaired) electrons. The van der Waals surface area contributed by atoms with Crippen molar-refractivity contribution >= 4 is 11.9 Å². The van der Waals surface area contributed by atoms with Crippen molar-refractivity contribution in [1.29, 1.82) is 0 Å². The van der Waals surface area contributed by atoms with E-state index in [9.17, 15) is 4.79 Å². The summed E-state index contributed by atoms with van der Waals surface area (Å²) in [5.41, 5.74) is 3.56. The molecule has 1 saturated heterocycles. The van der Waals surface area contributed by atoms with Crippen molar-refractivity contribution in [2.75, 3.05) is 38.0 Å². The largest absolute Gasteiger partial charge is 0.355 e. The topological polar surface area (TPSA) is 61.4 Å². The van der Waals surface area contributed by atoms with Crippen LogP contribution in [-0.2, 0) is 12.8 Å². The summed E-state index contributed by atoms with van der Waals surface area (Å²) in [5.74, 6) is 0.600. The van der Waals surface area contributed by atoms with Crippen LogP contribution in [0.2, 0.25) is 0 Å². The first-order chi connectivity index (χ1) is 13.2. The first kappa shape index (κ1) is 17.9. The van der Waals surface area contributed by atoms with E-state index in [1.54, 1.807) is 12.4 Å². The van der Waals surface area contributed by atoms with Crippen LogP contribution in [-0.4, -0.2) is 64.4 Å². The van der Waals surface area contributed by atoms with Gasteiger partial charge in [0, 0.05) is 51.2 Å². The van der Waals surface area contributed by atoms with Gasteiger partial charge in [-0.1, -0.05) is 24.3 Å². The van der Waals surface area contributed by atoms with E-state index in [0.29, 0.717) is 17.6 Å². The standard InChI is InChI=1S/C21H27N5O/c1-2-22-21-23-14-18(15-24-21)20(27)26-11-9-25(10-12-26)19-8-7-16-5-3-4-6-17(16)13-19/h3-6,14-15,19H,2,7-13H2,1H3,(H,22,23,24). The number of aromatic nitrogens is 2. The minimum absolute atomic E-state index is 0.0340. The number of anilines is 1. The summed E-state index contributed by atoms with van der Waals surface area (Å²) in [5, 5.41) is 3.05. The number of aryl methyl sites for hydroxylation is 1. The molecule has 1 unspecified atom stereocenters. The van der Waals surface area contributed by atoms with Gasteiger partial charge in [0.05, 0.1) is 5.56 Å². The average Bonchev–Trinajstić information content (AvgIpc) is 2.74. The van der Waals surface area contributed by atoms with Crippen molar-refractivity contribution in [2.45, 2.75) is 32.2 Å². The van der Waals surface area contributed by atoms with E-state index in [2.05, 4.69) is 44.5 Å². The summed E-state index contributed by atoms with van der Waals surface area (Å²) in [6, 6.07) is 9.39. The van der Waals surface area contributed by atoms with E-state index in [-0.39, 0.29) is 5.91 Å². The lowest BCUT2D eigenvalue weighted by molar-refractivity contribution is 0.0552. The van der Waals surface area contributed by atoms with Crippen molar-refractivity contribution in [2.24, 2.45) is 0 Å². The molecular formula is C21H27N5O. The molecule has 2 aromatic rings. The van der Waals surface area contributed by atoms with Gasteiger partial charge in [0.2, 0.25) is 5.95 Å². The lowest BCUT2D eigenvalue weighted by Crippen LogP contribution is -2.53. The third-order valence-corrected chi connectivity index (χ3v) is 5.67. The first-order valence-corrected chi connectivity index (χ1v) is 9.90. The van der Waals surface area contributed by atoms with E-state index in [0.717, 1.165) is 45.6 Å². The number of piperazine rings is 1. The van der Waals surface area contributed by atoms with Crippen LogP contribution in [0, 0.1) is 0 Å². The molecule has 1 aromatic heterocycles. The molecule has 6 nitrogen and oxygen atoms in total. The lowest BCUT2D eigenvalue weighted by atomic mass is 9.87. The van der Waals surface area contributed by atoms with E-state index in [1.165, 1.54) is 17.5 Å². The molecule has 1 aliphatic heterocycles. The van der Waals surface area contributed by atoms with Gasteiger partial charge in [0.1, 0.15) is 0 Å². The Bertz CT molecular complexity index is 783. The van der Waals surface area contributed by atoms with E-state index < -0.39 is 0 Å². The molecule has 6 heteroatoms. The van der Waals surface area contributed by atoms with Crippen molar-refractivity contribution in [3.05, 3.63) is 53.3 Å². The lowest BCUT2D eigenvalue weighted by Gasteiger charge is -2.41. The number of amides is 1. The smallest absolute Gasteiger partial charge is 0.257 e. The normalized spacial score (nSPS) is 20.2. The van der Waals surface area contributed by atoms with Crippen LogP contribution in [0.5, 0.6) is 0 Å². The number of carbonyl (C=O) groups excluding carboxylic acids is 1. The first-order valence-electron chi connectivity index (χ1n) is 9.90. The predicted octanol–water partition coefficient (Wildman–Crippen LogP) is 2.22. The summed E-state index contributed by atoms with van der Waals surface area (Å²) in [6.07, 6.45) is 6.75. The Morgan fingerprint density at radius 1 is 1.11 bits per heavy atom. The predicted molar refractivity (Wildman–Crippen MR) is 106 cm³/mol. The highest BCUT2D eigenvalue weighted by Gasteiger charge is 2.29. The maximum Gasteiger partial charge on any atom is 0.257 e. The fourth-order valence-electron chi connectivity index (χ4n) is 4.15. The Balaban J connectivity index is 1.33. The fraction of sp³-hybridized carbons (Fsp3) is 0.476. The Morgan fingerprint density at radius 3 is 2.52 bits per heavy atom. The maximum atomic E-state index is 12.7. The molecule has 0 saturated carbocycles. The summed E-state index contributed by atoms with van der Waals surface area (Å²) in [4.78, 5) is 25.6. The van der Waals surface area contributed by atoms with Crippen molar-refractivity contribution in [3.63, 3.8) is 0 Å². The summed E-state index contributed by atoms with van der Waals surface area (Å²) < 4.78 is 0. The molecular weight excluding hydrogens is 338 g/mol. The number of nitrogens with zero attached hydrogens (tertiary/aromatic N) is 4. The highest BCUT2D eigenvalue weighted by molar-refractivity contribution is 5.93. The van der Waals surface area contributed by atoms with Gasteiger partial charge in [-0.25, -0.2) is 9.97 Å². The molecule has 2 heterocycles. The second-order valence-electron chi connectivity index (χ2n) is 7.32. The molecule has 2 aliphatic rings. The number of nitrogens with one attached hydrogen (secondary N) is 1. The number of carbonyl (C=O) groups is 1. The zero-order valence-corrected chi connectivity index (χ0v) is 15.9. The molecule has 142 valence electrons. The van der Waals surface area contributed by atoms with Crippen LogP contribution in [0.1, 0.15) is 34.8 Å². The quantitative estimate of drug-likeness (QED) is 0.900. The van der Waals surface area contributed by atoms with Crippen LogP contribution < -0.4 is 5.32 Å². The van der Waals surface area contributed by atoms with E-state index in [4.69, 9.17) is 0 Å². The van der Waals surface area contributed by atoms with Crippen molar-refractivity contribution in [1.82, 2.24) is 19.8 Å². The number of fused-ring (bicyclic) bond motifs is 1. The zero-order chi connectivity index (χ0) is 18.6. The highest BCUT2D eigenvalue weighted by Crippen LogP contribution is 2.25. The summed E-state index contributed by atoms with van der Waals surface area (Å²) >= 11 is 0. The molecule has 4 rings (SSSR count). The van der Waals surface area contributed by atoms with E-state index >= 15 is 0 Å². The molecule has 1 N–H and O–H groups in total. The monoisotopic (exact) mass is 365 g/mol. The molecule has 1 fully saturated rings. The number of hydrogen-bond donors (Lipinski definition) is 1.